The second kappa shape index (κ2) is 18.9. The molecule has 0 saturated carbocycles. The van der Waals surface area contributed by atoms with Gasteiger partial charge < -0.3 is 5.41 Å². The van der Waals surface area contributed by atoms with Gasteiger partial charge in [0.05, 0.1) is 17.1 Å². The number of thiophene rings is 1. The van der Waals surface area contributed by atoms with Crippen LogP contribution in [0.5, 0.6) is 0 Å². The number of nitrogens with one attached hydrogen (secondary N) is 1. The highest BCUT2D eigenvalue weighted by Crippen LogP contribution is 2.33. The first-order valence-electron chi connectivity index (χ1n) is 17.1. The number of rotatable bonds is 9. The van der Waals surface area contributed by atoms with E-state index in [4.69, 9.17) is 17.0 Å². The van der Waals surface area contributed by atoms with Crippen LogP contribution in [0.4, 0.5) is 0 Å². The summed E-state index contributed by atoms with van der Waals surface area (Å²) in [6.45, 7) is 8.30. The third kappa shape index (κ3) is 10.2. The molecule has 260 valence electrons. The molecule has 0 spiro atoms. The first-order chi connectivity index (χ1) is 25.9. The predicted octanol–water partition coefficient (Wildman–Crippen LogP) is 13.0. The number of aryl methyl sites for hydroxylation is 1. The van der Waals surface area contributed by atoms with Gasteiger partial charge in [-0.15, -0.1) is 24.2 Å². The summed E-state index contributed by atoms with van der Waals surface area (Å²) in [7, 11) is 0. The highest BCUT2D eigenvalue weighted by molar-refractivity contribution is 7.21. The van der Waals surface area contributed by atoms with E-state index in [0.717, 1.165) is 27.3 Å². The molecule has 0 amide bonds. The second-order valence-corrected chi connectivity index (χ2v) is 13.6. The summed E-state index contributed by atoms with van der Waals surface area (Å²) in [5, 5.41) is 9.23. The molecule has 6 aromatic carbocycles. The van der Waals surface area contributed by atoms with Crippen molar-refractivity contribution in [3.8, 4) is 35.1 Å². The van der Waals surface area contributed by atoms with Gasteiger partial charge in [0.15, 0.2) is 0 Å². The van der Waals surface area contributed by atoms with Crippen LogP contribution in [-0.4, -0.2) is 17.6 Å². The molecule has 0 saturated heterocycles. The Labute approximate surface area is 322 Å². The molecular weight excluding hydrogens is 686 g/mol. The molecular formula is C48H40ClN3S. The van der Waals surface area contributed by atoms with Crippen molar-refractivity contribution >= 4 is 50.7 Å². The maximum atomic E-state index is 7.73. The SMILES string of the molecule is C#C.C(=NCc1ccc(-c2ccccc2)cc1)c1ccc(-c2ccccc2)cc1.C=C(Cl)/N=C(/c1ccc(C(C)=N)cc1)c1sc2ccccc2c1C. The van der Waals surface area contributed by atoms with Crippen LogP contribution in [0.2, 0.25) is 0 Å². The van der Waals surface area contributed by atoms with E-state index in [1.165, 1.54) is 43.5 Å². The minimum Gasteiger partial charge on any atom is -0.305 e. The third-order valence-electron chi connectivity index (χ3n) is 8.48. The van der Waals surface area contributed by atoms with Gasteiger partial charge in [-0.2, -0.15) is 0 Å². The van der Waals surface area contributed by atoms with Gasteiger partial charge in [-0.1, -0.05) is 170 Å². The van der Waals surface area contributed by atoms with Gasteiger partial charge in [-0.05, 0) is 69.8 Å². The minimum absolute atomic E-state index is 0.258. The lowest BCUT2D eigenvalue weighted by molar-refractivity contribution is 1.08. The Kier molecular flexibility index (Phi) is 13.6. The second-order valence-electron chi connectivity index (χ2n) is 12.1. The molecule has 7 aromatic rings. The van der Waals surface area contributed by atoms with Gasteiger partial charge in [0.25, 0.3) is 0 Å². The van der Waals surface area contributed by atoms with Gasteiger partial charge in [0.2, 0.25) is 0 Å². The molecule has 1 aromatic heterocycles. The Bertz CT molecular complexity index is 2350. The molecule has 3 nitrogen and oxygen atoms in total. The number of nitrogens with zero attached hydrogens (tertiary/aromatic N) is 2. The van der Waals surface area contributed by atoms with Gasteiger partial charge in [-0.25, -0.2) is 4.99 Å². The van der Waals surface area contributed by atoms with Gasteiger partial charge in [-0.3, -0.25) is 4.99 Å². The summed E-state index contributed by atoms with van der Waals surface area (Å²) in [4.78, 5) is 10.2. The Morgan fingerprint density at radius 1 is 0.679 bits per heavy atom. The Morgan fingerprint density at radius 2 is 1.17 bits per heavy atom. The van der Waals surface area contributed by atoms with E-state index in [2.05, 4.69) is 146 Å². The average molecular weight is 726 g/mol. The monoisotopic (exact) mass is 725 g/mol. The highest BCUT2D eigenvalue weighted by Gasteiger charge is 2.16. The van der Waals surface area contributed by atoms with Crippen LogP contribution >= 0.6 is 22.9 Å². The molecule has 0 aliphatic carbocycles. The van der Waals surface area contributed by atoms with E-state index in [1.807, 2.05) is 54.7 Å². The highest BCUT2D eigenvalue weighted by atomic mass is 35.5. The van der Waals surface area contributed by atoms with Crippen molar-refractivity contribution in [2.75, 3.05) is 0 Å². The Hall–Kier alpha value is -6.12. The lowest BCUT2D eigenvalue weighted by Crippen LogP contribution is -2.04. The zero-order valence-corrected chi connectivity index (χ0v) is 31.4. The summed E-state index contributed by atoms with van der Waals surface area (Å²) in [6, 6.07) is 54.2. The summed E-state index contributed by atoms with van der Waals surface area (Å²) in [5.74, 6) is 0. The third-order valence-corrected chi connectivity index (χ3v) is 9.84. The largest absolute Gasteiger partial charge is 0.305 e. The van der Waals surface area contributed by atoms with Crippen molar-refractivity contribution in [3.63, 3.8) is 0 Å². The Morgan fingerprint density at radius 3 is 1.70 bits per heavy atom. The summed E-state index contributed by atoms with van der Waals surface area (Å²) >= 11 is 7.70. The van der Waals surface area contributed by atoms with Crippen molar-refractivity contribution in [1.82, 2.24) is 0 Å². The molecule has 5 heteroatoms. The number of terminal acetylenes is 1. The van der Waals surface area contributed by atoms with Crippen LogP contribution in [0.1, 0.15) is 39.6 Å². The van der Waals surface area contributed by atoms with E-state index >= 15 is 0 Å². The molecule has 0 radical (unpaired) electrons. The molecule has 1 heterocycles. The molecule has 1 N–H and O–H groups in total. The van der Waals surface area contributed by atoms with Crippen LogP contribution in [0, 0.1) is 25.2 Å². The van der Waals surface area contributed by atoms with Gasteiger partial charge in [0.1, 0.15) is 5.16 Å². The van der Waals surface area contributed by atoms with E-state index in [1.54, 1.807) is 18.3 Å². The first kappa shape index (κ1) is 38.1. The van der Waals surface area contributed by atoms with Crippen LogP contribution in [-0.2, 0) is 6.54 Å². The van der Waals surface area contributed by atoms with Crippen molar-refractivity contribution < 1.29 is 0 Å². The van der Waals surface area contributed by atoms with Crippen LogP contribution in [0.25, 0.3) is 32.3 Å². The zero-order chi connectivity index (χ0) is 37.6. The fourth-order valence-corrected chi connectivity index (χ4v) is 7.03. The number of halogens is 1. The average Bonchev–Trinajstić information content (AvgIpc) is 3.54. The molecule has 53 heavy (non-hydrogen) atoms. The van der Waals surface area contributed by atoms with Crippen molar-refractivity contribution in [2.45, 2.75) is 20.4 Å². The molecule has 0 fully saturated rings. The number of benzene rings is 6. The molecule has 0 atom stereocenters. The van der Waals surface area contributed by atoms with Crippen molar-refractivity contribution in [1.29, 1.82) is 5.41 Å². The number of fused-ring (bicyclic) bond motifs is 1. The van der Waals surface area contributed by atoms with E-state index in [9.17, 15) is 0 Å². The molecule has 0 aliphatic rings. The number of aliphatic imine (C=N–C) groups is 2. The minimum atomic E-state index is 0.258. The van der Waals surface area contributed by atoms with Crippen LogP contribution in [0.15, 0.2) is 179 Å². The van der Waals surface area contributed by atoms with E-state index in [-0.39, 0.29) is 5.16 Å². The maximum absolute atomic E-state index is 7.73. The van der Waals surface area contributed by atoms with E-state index < -0.39 is 0 Å². The summed E-state index contributed by atoms with van der Waals surface area (Å²) < 4.78 is 1.23. The summed E-state index contributed by atoms with van der Waals surface area (Å²) in [5.41, 5.74) is 11.7. The standard InChI is InChI=1S/C26H21N.C20H17ClN2S.C2H2/c1-3-7-23(8-4-1)25-15-11-21(12-16-25)19-27-20-22-13-17-26(18-14-22)24-9-5-2-6-10-24;1-12-17-6-4-5-7-18(17)24-20(12)19(23-14(3)21)16-10-8-15(9-11-16)13(2)22;1-2/h1-19H,20H2;4-11,22H,3H2,1-2H3;1-2H/b;22-13?,23-19-;. The predicted molar refractivity (Wildman–Crippen MR) is 231 cm³/mol. The molecule has 0 aliphatic heterocycles. The fourth-order valence-electron chi connectivity index (χ4n) is 5.73. The van der Waals surface area contributed by atoms with Gasteiger partial charge in [0, 0.05) is 22.2 Å². The number of hydrogen-bond acceptors (Lipinski definition) is 4. The lowest BCUT2D eigenvalue weighted by Gasteiger charge is -2.07. The topological polar surface area (TPSA) is 48.6 Å². The van der Waals surface area contributed by atoms with Gasteiger partial charge >= 0.3 is 0 Å². The molecule has 0 bridgehead atoms. The first-order valence-corrected chi connectivity index (χ1v) is 18.3. The maximum Gasteiger partial charge on any atom is 0.122 e. The molecule has 7 rings (SSSR count). The fraction of sp³-hybridized carbons (Fsp3) is 0.0625. The van der Waals surface area contributed by atoms with Crippen molar-refractivity contribution in [2.24, 2.45) is 9.98 Å². The summed E-state index contributed by atoms with van der Waals surface area (Å²) in [6.07, 6.45) is 9.94. The zero-order valence-electron chi connectivity index (χ0n) is 29.8. The normalized spacial score (nSPS) is 10.9. The lowest BCUT2D eigenvalue weighted by atomic mass is 10.0. The van der Waals surface area contributed by atoms with Crippen molar-refractivity contribution in [3.05, 3.63) is 202 Å². The number of hydrogen-bond donors (Lipinski definition) is 1. The van der Waals surface area contributed by atoms with Crippen LogP contribution < -0.4 is 0 Å². The van der Waals surface area contributed by atoms with E-state index in [0.29, 0.717) is 12.3 Å². The Balaban J connectivity index is 0.000000197. The smallest absolute Gasteiger partial charge is 0.122 e. The quantitative estimate of drug-likeness (QED) is 0.0875. The molecule has 0 unspecified atom stereocenters. The van der Waals surface area contributed by atoms with Crippen LogP contribution in [0.3, 0.4) is 0 Å².